The zero-order valence-corrected chi connectivity index (χ0v) is 25.9. The highest BCUT2D eigenvalue weighted by molar-refractivity contribution is 5.69. The van der Waals surface area contributed by atoms with Crippen molar-refractivity contribution in [2.75, 3.05) is 13.2 Å². The fourth-order valence-corrected chi connectivity index (χ4v) is 5.00. The molecule has 0 unspecified atom stereocenters. The lowest BCUT2D eigenvalue weighted by atomic mass is 10.0. The molecule has 0 saturated carbocycles. The number of carbonyl (C=O) groups is 2. The zero-order valence-electron chi connectivity index (χ0n) is 25.9. The van der Waals surface area contributed by atoms with Gasteiger partial charge in [0.2, 0.25) is 0 Å². The minimum Gasteiger partial charge on any atom is -0.466 e. The molecule has 1 heterocycles. The third kappa shape index (κ3) is 24.0. The van der Waals surface area contributed by atoms with Crippen LogP contribution in [0.25, 0.3) is 0 Å². The molecule has 5 heteroatoms. The standard InChI is InChI=1S/C34H63NO4/c1-3-5-29-38-33(36)27-23-19-15-11-7-9-13-17-21-25-31-32(35-31)26-22-18-14-10-8-12-16-20-24-28-34(37)39-30-6-4-2/h35H,3-30H2,1-2H3. The molecule has 0 atom stereocenters. The molecule has 1 rings (SSSR count). The lowest BCUT2D eigenvalue weighted by Crippen LogP contribution is -2.05. The van der Waals surface area contributed by atoms with E-state index in [0.717, 1.165) is 51.4 Å². The van der Waals surface area contributed by atoms with Crippen LogP contribution in [0.1, 0.15) is 181 Å². The molecule has 0 aromatic heterocycles. The van der Waals surface area contributed by atoms with Crippen LogP contribution in [0.4, 0.5) is 0 Å². The highest BCUT2D eigenvalue weighted by Gasteiger charge is 2.18. The summed E-state index contributed by atoms with van der Waals surface area (Å²) in [5, 5.41) is 3.54. The maximum Gasteiger partial charge on any atom is 0.305 e. The normalized spacial score (nSPS) is 12.5. The largest absolute Gasteiger partial charge is 0.466 e. The van der Waals surface area contributed by atoms with Crippen LogP contribution in [-0.4, -0.2) is 25.2 Å². The van der Waals surface area contributed by atoms with Gasteiger partial charge in [0.1, 0.15) is 0 Å². The summed E-state index contributed by atoms with van der Waals surface area (Å²) in [6, 6.07) is 0. The Hall–Kier alpha value is -1.52. The molecule has 39 heavy (non-hydrogen) atoms. The van der Waals surface area contributed by atoms with Gasteiger partial charge in [-0.2, -0.15) is 0 Å². The Kier molecular flexibility index (Phi) is 24.3. The smallest absolute Gasteiger partial charge is 0.305 e. The fourth-order valence-electron chi connectivity index (χ4n) is 5.00. The second-order valence-corrected chi connectivity index (χ2v) is 11.6. The summed E-state index contributed by atoms with van der Waals surface area (Å²) >= 11 is 0. The number of ether oxygens (including phenoxy) is 2. The number of rotatable bonds is 30. The van der Waals surface area contributed by atoms with Gasteiger partial charge in [0.05, 0.1) is 13.2 Å². The van der Waals surface area contributed by atoms with Crippen LogP contribution in [-0.2, 0) is 19.1 Å². The maximum atomic E-state index is 11.6. The minimum atomic E-state index is -0.0134. The van der Waals surface area contributed by atoms with Crippen LogP contribution in [0.15, 0.2) is 11.4 Å². The first-order valence-corrected chi connectivity index (χ1v) is 17.0. The molecule has 1 N–H and O–H groups in total. The van der Waals surface area contributed by atoms with E-state index in [1.54, 1.807) is 0 Å². The summed E-state index contributed by atoms with van der Waals surface area (Å²) in [7, 11) is 0. The van der Waals surface area contributed by atoms with Crippen molar-refractivity contribution in [2.45, 2.75) is 181 Å². The van der Waals surface area contributed by atoms with Gasteiger partial charge >= 0.3 is 11.9 Å². The van der Waals surface area contributed by atoms with Crippen LogP contribution in [0.5, 0.6) is 0 Å². The number of hydrogen-bond donors (Lipinski definition) is 1. The molecule has 0 saturated heterocycles. The van der Waals surface area contributed by atoms with E-state index in [9.17, 15) is 9.59 Å². The van der Waals surface area contributed by atoms with Gasteiger partial charge < -0.3 is 14.8 Å². The molecular weight excluding hydrogens is 486 g/mol. The van der Waals surface area contributed by atoms with Gasteiger partial charge in [0.15, 0.2) is 0 Å². The average molecular weight is 550 g/mol. The molecule has 0 bridgehead atoms. The third-order valence-electron chi connectivity index (χ3n) is 7.74. The Balaban J connectivity index is 1.76. The predicted molar refractivity (Wildman–Crippen MR) is 163 cm³/mol. The first kappa shape index (κ1) is 35.5. The molecule has 0 amide bonds. The van der Waals surface area contributed by atoms with E-state index >= 15 is 0 Å². The summed E-state index contributed by atoms with van der Waals surface area (Å²) in [5.41, 5.74) is 3.08. The summed E-state index contributed by atoms with van der Waals surface area (Å²) in [6.07, 6.45) is 30.6. The summed E-state index contributed by atoms with van der Waals surface area (Å²) in [4.78, 5) is 23.1. The van der Waals surface area contributed by atoms with E-state index < -0.39 is 0 Å². The number of nitrogens with one attached hydrogen (secondary N) is 1. The molecule has 0 spiro atoms. The molecule has 0 fully saturated rings. The van der Waals surface area contributed by atoms with Gasteiger partial charge in [-0.3, -0.25) is 9.59 Å². The van der Waals surface area contributed by atoms with E-state index in [0.29, 0.717) is 26.1 Å². The third-order valence-corrected chi connectivity index (χ3v) is 7.74. The van der Waals surface area contributed by atoms with Crippen molar-refractivity contribution >= 4 is 11.9 Å². The average Bonchev–Trinajstić information content (AvgIpc) is 3.68. The van der Waals surface area contributed by atoms with Crippen LogP contribution in [0, 0.1) is 0 Å². The van der Waals surface area contributed by atoms with Crippen LogP contribution < -0.4 is 5.32 Å². The molecule has 228 valence electrons. The summed E-state index contributed by atoms with van der Waals surface area (Å²) < 4.78 is 10.4. The Morgan fingerprint density at radius 1 is 0.462 bits per heavy atom. The number of carbonyl (C=O) groups excluding carboxylic acids is 2. The molecule has 5 nitrogen and oxygen atoms in total. The van der Waals surface area contributed by atoms with E-state index in [-0.39, 0.29) is 11.9 Å². The number of allylic oxidation sites excluding steroid dienone is 2. The minimum absolute atomic E-state index is 0.0134. The van der Waals surface area contributed by atoms with Crippen molar-refractivity contribution in [3.05, 3.63) is 11.4 Å². The first-order valence-electron chi connectivity index (χ1n) is 17.0. The van der Waals surface area contributed by atoms with E-state index in [1.165, 1.54) is 114 Å². The lowest BCUT2D eigenvalue weighted by Gasteiger charge is -2.04. The Labute approximate surface area is 241 Å². The van der Waals surface area contributed by atoms with Gasteiger partial charge in [0, 0.05) is 24.2 Å². The van der Waals surface area contributed by atoms with Crippen LogP contribution >= 0.6 is 0 Å². The van der Waals surface area contributed by atoms with Gasteiger partial charge in [0.25, 0.3) is 0 Å². The van der Waals surface area contributed by atoms with Crippen molar-refractivity contribution in [3.8, 4) is 0 Å². The second kappa shape index (κ2) is 26.7. The zero-order chi connectivity index (χ0) is 28.2. The quantitative estimate of drug-likeness (QED) is 0.0712. The number of esters is 2. The number of hydrogen-bond acceptors (Lipinski definition) is 5. The first-order chi connectivity index (χ1) is 19.2. The van der Waals surface area contributed by atoms with Crippen molar-refractivity contribution in [2.24, 2.45) is 0 Å². The van der Waals surface area contributed by atoms with Gasteiger partial charge in [-0.1, -0.05) is 117 Å². The van der Waals surface area contributed by atoms with Gasteiger partial charge in [-0.25, -0.2) is 0 Å². The summed E-state index contributed by atoms with van der Waals surface area (Å²) in [6.45, 7) is 5.41. The van der Waals surface area contributed by atoms with Crippen LogP contribution in [0.2, 0.25) is 0 Å². The van der Waals surface area contributed by atoms with Crippen LogP contribution in [0.3, 0.4) is 0 Å². The Morgan fingerprint density at radius 3 is 1.10 bits per heavy atom. The van der Waals surface area contributed by atoms with Gasteiger partial charge in [-0.05, 0) is 51.4 Å². The molecule has 0 aromatic rings. The molecular formula is C34H63NO4. The monoisotopic (exact) mass is 549 g/mol. The SMILES string of the molecule is CCCCOC(=O)CCCCCCCCCCCC1=C(CCCCCCCCCCCC(=O)OCCCC)N1. The van der Waals surface area contributed by atoms with Crippen molar-refractivity contribution in [3.63, 3.8) is 0 Å². The molecule has 0 aromatic carbocycles. The molecule has 0 aliphatic carbocycles. The number of unbranched alkanes of at least 4 members (excludes halogenated alkanes) is 18. The topological polar surface area (TPSA) is 74.5 Å². The van der Waals surface area contributed by atoms with Crippen molar-refractivity contribution < 1.29 is 19.1 Å². The van der Waals surface area contributed by atoms with E-state index in [2.05, 4.69) is 19.2 Å². The van der Waals surface area contributed by atoms with E-state index in [1.807, 2.05) is 0 Å². The molecule has 1 aliphatic heterocycles. The van der Waals surface area contributed by atoms with E-state index in [4.69, 9.17) is 9.47 Å². The fraction of sp³-hybridized carbons (Fsp3) is 0.882. The Morgan fingerprint density at radius 2 is 0.769 bits per heavy atom. The van der Waals surface area contributed by atoms with Crippen molar-refractivity contribution in [1.29, 1.82) is 0 Å². The van der Waals surface area contributed by atoms with Crippen molar-refractivity contribution in [1.82, 2.24) is 5.32 Å². The molecule has 0 radical (unpaired) electrons. The van der Waals surface area contributed by atoms with Gasteiger partial charge in [-0.15, -0.1) is 0 Å². The molecule has 1 aliphatic rings. The highest BCUT2D eigenvalue weighted by Crippen LogP contribution is 2.27. The lowest BCUT2D eigenvalue weighted by molar-refractivity contribution is -0.144. The summed E-state index contributed by atoms with van der Waals surface area (Å²) in [5.74, 6) is -0.0267. The second-order valence-electron chi connectivity index (χ2n) is 11.6. The Bertz CT molecular complexity index is 579. The predicted octanol–water partition coefficient (Wildman–Crippen LogP) is 10.1. The highest BCUT2D eigenvalue weighted by atomic mass is 16.5. The maximum absolute atomic E-state index is 11.6.